The van der Waals surface area contributed by atoms with Crippen molar-refractivity contribution in [2.24, 2.45) is 0 Å². The molecule has 4 heterocycles. The van der Waals surface area contributed by atoms with Crippen LogP contribution in [0.2, 0.25) is 0 Å². The second kappa shape index (κ2) is 8.72. The SMILES string of the molecule is CC(C)c1n[nH]c(CC(=O)N2CCO[C@H](c3c(C(=O)N(C)C)sc4ncccc34)C2)n1. The van der Waals surface area contributed by atoms with Gasteiger partial charge >= 0.3 is 0 Å². The molecular weight excluding hydrogens is 416 g/mol. The molecule has 2 amide bonds. The third kappa shape index (κ3) is 4.31. The number of aromatic amines is 1. The van der Waals surface area contributed by atoms with Gasteiger partial charge in [0.25, 0.3) is 5.91 Å². The van der Waals surface area contributed by atoms with Gasteiger partial charge in [0.1, 0.15) is 21.6 Å². The molecule has 1 aliphatic heterocycles. The zero-order valence-corrected chi connectivity index (χ0v) is 18.9. The van der Waals surface area contributed by atoms with Gasteiger partial charge < -0.3 is 14.5 Å². The Morgan fingerprint density at radius 3 is 2.90 bits per heavy atom. The highest BCUT2D eigenvalue weighted by Gasteiger charge is 2.32. The number of pyridine rings is 1. The molecule has 1 fully saturated rings. The van der Waals surface area contributed by atoms with E-state index < -0.39 is 6.10 Å². The van der Waals surface area contributed by atoms with Crippen LogP contribution in [0.15, 0.2) is 18.3 Å². The van der Waals surface area contributed by atoms with Gasteiger partial charge in [-0.1, -0.05) is 19.9 Å². The molecule has 0 unspecified atom stereocenters. The lowest BCUT2D eigenvalue weighted by atomic mass is 10.0. The van der Waals surface area contributed by atoms with Crippen molar-refractivity contribution in [1.29, 1.82) is 0 Å². The number of H-pyrrole nitrogens is 1. The minimum Gasteiger partial charge on any atom is -0.370 e. The van der Waals surface area contributed by atoms with Gasteiger partial charge in [0.15, 0.2) is 5.82 Å². The molecule has 1 saturated heterocycles. The summed E-state index contributed by atoms with van der Waals surface area (Å²) in [4.78, 5) is 39.3. The van der Waals surface area contributed by atoms with Crippen LogP contribution in [0.4, 0.5) is 0 Å². The molecule has 164 valence electrons. The van der Waals surface area contributed by atoms with Crippen LogP contribution in [0.1, 0.15) is 52.8 Å². The van der Waals surface area contributed by atoms with E-state index in [9.17, 15) is 9.59 Å². The van der Waals surface area contributed by atoms with Crippen LogP contribution in [-0.2, 0) is 16.0 Å². The van der Waals surface area contributed by atoms with Crippen LogP contribution in [0.25, 0.3) is 10.2 Å². The lowest BCUT2D eigenvalue weighted by molar-refractivity contribution is -0.138. The molecule has 0 aromatic carbocycles. The number of carbonyl (C=O) groups is 2. The summed E-state index contributed by atoms with van der Waals surface area (Å²) in [7, 11) is 3.45. The Kier molecular flexibility index (Phi) is 6.01. The number of morpholine rings is 1. The van der Waals surface area contributed by atoms with E-state index in [0.29, 0.717) is 36.2 Å². The Bertz CT molecular complexity index is 1110. The topological polar surface area (TPSA) is 104 Å². The number of fused-ring (bicyclic) bond motifs is 1. The van der Waals surface area contributed by atoms with Crippen molar-refractivity contribution in [1.82, 2.24) is 30.0 Å². The van der Waals surface area contributed by atoms with E-state index >= 15 is 0 Å². The van der Waals surface area contributed by atoms with Crippen molar-refractivity contribution < 1.29 is 14.3 Å². The van der Waals surface area contributed by atoms with E-state index in [1.165, 1.54) is 11.3 Å². The average Bonchev–Trinajstić information content (AvgIpc) is 3.38. The first-order valence-electron chi connectivity index (χ1n) is 10.2. The summed E-state index contributed by atoms with van der Waals surface area (Å²) in [6.07, 6.45) is 1.48. The lowest BCUT2D eigenvalue weighted by Gasteiger charge is -2.33. The summed E-state index contributed by atoms with van der Waals surface area (Å²) in [6.45, 7) is 5.29. The molecule has 9 nitrogen and oxygen atoms in total. The van der Waals surface area contributed by atoms with E-state index in [4.69, 9.17) is 4.74 Å². The predicted octanol–water partition coefficient (Wildman–Crippen LogP) is 2.38. The molecule has 1 aliphatic rings. The van der Waals surface area contributed by atoms with Gasteiger partial charge in [0, 0.05) is 43.7 Å². The van der Waals surface area contributed by atoms with Crippen molar-refractivity contribution >= 4 is 33.4 Å². The monoisotopic (exact) mass is 442 g/mol. The van der Waals surface area contributed by atoms with Crippen molar-refractivity contribution in [3.8, 4) is 0 Å². The Balaban J connectivity index is 1.58. The maximum Gasteiger partial charge on any atom is 0.263 e. The Morgan fingerprint density at radius 1 is 1.39 bits per heavy atom. The molecule has 0 bridgehead atoms. The number of amides is 2. The van der Waals surface area contributed by atoms with Crippen LogP contribution >= 0.6 is 11.3 Å². The number of aromatic nitrogens is 4. The molecule has 1 atom stereocenters. The van der Waals surface area contributed by atoms with Crippen LogP contribution < -0.4 is 0 Å². The normalized spacial score (nSPS) is 16.8. The molecule has 31 heavy (non-hydrogen) atoms. The second-order valence-corrected chi connectivity index (χ2v) is 9.07. The zero-order chi connectivity index (χ0) is 22.1. The lowest BCUT2D eigenvalue weighted by Crippen LogP contribution is -2.43. The molecule has 10 heteroatoms. The molecule has 3 aromatic heterocycles. The van der Waals surface area contributed by atoms with Crippen molar-refractivity contribution in [2.75, 3.05) is 33.8 Å². The number of carbonyl (C=O) groups excluding carboxylic acids is 2. The van der Waals surface area contributed by atoms with Gasteiger partial charge in [-0.05, 0) is 6.07 Å². The molecule has 3 aromatic rings. The highest BCUT2D eigenvalue weighted by atomic mass is 32.1. The van der Waals surface area contributed by atoms with E-state index in [1.54, 1.807) is 30.1 Å². The largest absolute Gasteiger partial charge is 0.370 e. The molecule has 0 saturated carbocycles. The number of rotatable bonds is 5. The minimum atomic E-state index is -0.393. The summed E-state index contributed by atoms with van der Waals surface area (Å²) >= 11 is 1.36. The summed E-state index contributed by atoms with van der Waals surface area (Å²) in [5, 5.41) is 7.93. The Morgan fingerprint density at radius 2 is 2.19 bits per heavy atom. The molecule has 4 rings (SSSR count). The number of hydrogen-bond donors (Lipinski definition) is 1. The average molecular weight is 443 g/mol. The zero-order valence-electron chi connectivity index (χ0n) is 18.1. The quantitative estimate of drug-likeness (QED) is 0.651. The Labute approximate surface area is 184 Å². The van der Waals surface area contributed by atoms with E-state index in [2.05, 4.69) is 20.2 Å². The van der Waals surface area contributed by atoms with Gasteiger partial charge in [0.05, 0.1) is 19.6 Å². The number of hydrogen-bond acceptors (Lipinski definition) is 7. The first kappa shape index (κ1) is 21.4. The maximum absolute atomic E-state index is 13.0. The molecular formula is C21H26N6O3S. The van der Waals surface area contributed by atoms with Crippen LogP contribution in [0, 0.1) is 0 Å². The van der Waals surface area contributed by atoms with Gasteiger partial charge in [-0.3, -0.25) is 14.7 Å². The third-order valence-electron chi connectivity index (χ3n) is 5.23. The van der Waals surface area contributed by atoms with Crippen LogP contribution in [0.3, 0.4) is 0 Å². The van der Waals surface area contributed by atoms with Gasteiger partial charge in [0.2, 0.25) is 5.91 Å². The summed E-state index contributed by atoms with van der Waals surface area (Å²) in [5.74, 6) is 1.32. The first-order valence-corrected chi connectivity index (χ1v) is 11.1. The summed E-state index contributed by atoms with van der Waals surface area (Å²) in [5.41, 5.74) is 0.811. The van der Waals surface area contributed by atoms with E-state index in [1.807, 2.05) is 26.0 Å². The fourth-order valence-corrected chi connectivity index (χ4v) is 4.80. The van der Waals surface area contributed by atoms with Gasteiger partial charge in [-0.25, -0.2) is 9.97 Å². The van der Waals surface area contributed by atoms with E-state index in [0.717, 1.165) is 15.8 Å². The van der Waals surface area contributed by atoms with Crippen molar-refractivity contribution in [2.45, 2.75) is 32.3 Å². The van der Waals surface area contributed by atoms with Gasteiger partial charge in [-0.15, -0.1) is 11.3 Å². The Hall–Kier alpha value is -2.85. The predicted molar refractivity (Wildman–Crippen MR) is 117 cm³/mol. The highest BCUT2D eigenvalue weighted by Crippen LogP contribution is 2.37. The van der Waals surface area contributed by atoms with Gasteiger partial charge in [-0.2, -0.15) is 5.10 Å². The first-order chi connectivity index (χ1) is 14.8. The number of nitrogens with zero attached hydrogens (tertiary/aromatic N) is 5. The second-order valence-electron chi connectivity index (χ2n) is 8.07. The van der Waals surface area contributed by atoms with Crippen LogP contribution in [0.5, 0.6) is 0 Å². The highest BCUT2D eigenvalue weighted by molar-refractivity contribution is 7.20. The standard InChI is InChI=1S/C21H26N6O3S/c1-12(2)19-23-15(24-25-19)10-16(28)27-8-9-30-14(11-27)17-13-6-5-7-22-20(13)31-18(17)21(29)26(3)4/h5-7,12,14H,8-11H2,1-4H3,(H,23,24,25)/t14-/m0/s1. The molecule has 0 spiro atoms. The third-order valence-corrected chi connectivity index (χ3v) is 6.35. The fourth-order valence-electron chi connectivity index (χ4n) is 3.59. The van der Waals surface area contributed by atoms with Crippen LogP contribution in [-0.4, -0.2) is 75.6 Å². The number of thiophene rings is 1. The number of nitrogens with one attached hydrogen (secondary N) is 1. The summed E-state index contributed by atoms with van der Waals surface area (Å²) in [6, 6.07) is 3.80. The van der Waals surface area contributed by atoms with Crippen molar-refractivity contribution in [3.05, 3.63) is 40.4 Å². The van der Waals surface area contributed by atoms with Crippen molar-refractivity contribution in [3.63, 3.8) is 0 Å². The maximum atomic E-state index is 13.0. The molecule has 1 N–H and O–H groups in total. The minimum absolute atomic E-state index is 0.0436. The summed E-state index contributed by atoms with van der Waals surface area (Å²) < 4.78 is 6.05. The van der Waals surface area contributed by atoms with E-state index in [-0.39, 0.29) is 24.2 Å². The molecule has 0 aliphatic carbocycles. The fraction of sp³-hybridized carbons (Fsp3) is 0.476. The molecule has 0 radical (unpaired) electrons. The smallest absolute Gasteiger partial charge is 0.263 e. The number of ether oxygens (including phenoxy) is 1.